The molecule has 0 spiro atoms. The third-order valence-electron chi connectivity index (χ3n) is 11.1. The first-order valence-electron chi connectivity index (χ1n) is 27.8. The topological polar surface area (TPSA) is 78.9 Å². The molecule has 0 bridgehead atoms. The van der Waals surface area contributed by atoms with Crippen LogP contribution in [0.2, 0.25) is 0 Å². The molecule has 0 aliphatic carbocycles. The fourth-order valence-electron chi connectivity index (χ4n) is 6.96. The first-order chi connectivity index (χ1) is 34.5. The van der Waals surface area contributed by atoms with Crippen molar-refractivity contribution >= 4 is 17.9 Å². The summed E-state index contributed by atoms with van der Waals surface area (Å²) in [6, 6.07) is 0. The third-order valence-corrected chi connectivity index (χ3v) is 11.1. The van der Waals surface area contributed by atoms with E-state index in [1.54, 1.807) is 0 Å². The maximum atomic E-state index is 12.8. The van der Waals surface area contributed by atoms with Crippen LogP contribution in [0.4, 0.5) is 0 Å². The summed E-state index contributed by atoms with van der Waals surface area (Å²) in [5, 5.41) is 0. The van der Waals surface area contributed by atoms with Gasteiger partial charge >= 0.3 is 17.9 Å². The Labute approximate surface area is 429 Å². The van der Waals surface area contributed by atoms with Crippen molar-refractivity contribution in [1.29, 1.82) is 0 Å². The molecule has 1 atom stereocenters. The van der Waals surface area contributed by atoms with Crippen LogP contribution in [0.1, 0.15) is 220 Å². The minimum atomic E-state index is -0.833. The molecule has 0 fully saturated rings. The molecule has 6 heteroatoms. The second kappa shape index (κ2) is 56.9. The Balaban J connectivity index is 4.60. The van der Waals surface area contributed by atoms with E-state index >= 15 is 0 Å². The number of ether oxygens (including phenoxy) is 3. The minimum absolute atomic E-state index is 0.127. The lowest BCUT2D eigenvalue weighted by Gasteiger charge is -2.18. The summed E-state index contributed by atoms with van der Waals surface area (Å²) in [4.78, 5) is 38.1. The number of hydrogen-bond acceptors (Lipinski definition) is 6. The van der Waals surface area contributed by atoms with Crippen LogP contribution in [0.3, 0.4) is 0 Å². The van der Waals surface area contributed by atoms with Crippen LogP contribution < -0.4 is 0 Å². The summed E-state index contributed by atoms with van der Waals surface area (Å²) >= 11 is 0. The highest BCUT2D eigenvalue weighted by atomic mass is 16.6. The molecule has 0 aromatic carbocycles. The first-order valence-corrected chi connectivity index (χ1v) is 27.8. The molecule has 392 valence electrons. The van der Waals surface area contributed by atoms with Crippen molar-refractivity contribution in [1.82, 2.24) is 0 Å². The molecule has 0 saturated heterocycles. The third kappa shape index (κ3) is 54.2. The van der Waals surface area contributed by atoms with Gasteiger partial charge in [0.25, 0.3) is 0 Å². The summed E-state index contributed by atoms with van der Waals surface area (Å²) < 4.78 is 16.7. The van der Waals surface area contributed by atoms with E-state index in [0.717, 1.165) is 128 Å². The van der Waals surface area contributed by atoms with Gasteiger partial charge in [-0.1, -0.05) is 218 Å². The average molecular weight is 965 g/mol. The molecule has 0 saturated carbocycles. The van der Waals surface area contributed by atoms with E-state index in [1.807, 2.05) is 12.2 Å². The molecule has 6 nitrogen and oxygen atoms in total. The van der Waals surface area contributed by atoms with Crippen LogP contribution in [0.15, 0.2) is 146 Å². The fraction of sp³-hybridized carbons (Fsp3) is 0.578. The van der Waals surface area contributed by atoms with E-state index in [0.29, 0.717) is 12.8 Å². The zero-order chi connectivity index (χ0) is 50.7. The first kappa shape index (κ1) is 65.3. The van der Waals surface area contributed by atoms with Crippen molar-refractivity contribution in [3.05, 3.63) is 146 Å². The predicted molar refractivity (Wildman–Crippen MR) is 302 cm³/mol. The Morgan fingerprint density at radius 2 is 0.586 bits per heavy atom. The summed E-state index contributed by atoms with van der Waals surface area (Å²) in [5.74, 6) is -1.06. The Bertz CT molecular complexity index is 1580. The van der Waals surface area contributed by atoms with Crippen molar-refractivity contribution in [2.24, 2.45) is 0 Å². The van der Waals surface area contributed by atoms with Gasteiger partial charge in [0.05, 0.1) is 0 Å². The lowest BCUT2D eigenvalue weighted by Crippen LogP contribution is -2.30. The average Bonchev–Trinajstić information content (AvgIpc) is 3.36. The molecule has 0 aliphatic rings. The quantitative estimate of drug-likeness (QED) is 0.0262. The minimum Gasteiger partial charge on any atom is -0.462 e. The highest BCUT2D eigenvalue weighted by Gasteiger charge is 2.19. The molecule has 1 unspecified atom stereocenters. The summed E-state index contributed by atoms with van der Waals surface area (Å²) in [6.45, 7) is 6.27. The van der Waals surface area contributed by atoms with Gasteiger partial charge in [-0.25, -0.2) is 0 Å². The molecule has 0 rings (SSSR count). The van der Waals surface area contributed by atoms with Gasteiger partial charge < -0.3 is 14.2 Å². The molecule has 0 heterocycles. The second-order valence-corrected chi connectivity index (χ2v) is 17.7. The number of esters is 3. The Morgan fingerprint density at radius 1 is 0.300 bits per heavy atom. The van der Waals surface area contributed by atoms with E-state index in [9.17, 15) is 14.4 Å². The molecule has 0 amide bonds. The molecule has 70 heavy (non-hydrogen) atoms. The summed E-state index contributed by atoms with van der Waals surface area (Å²) in [7, 11) is 0. The Morgan fingerprint density at radius 3 is 0.971 bits per heavy atom. The predicted octanol–water partition coefficient (Wildman–Crippen LogP) is 18.8. The Kier molecular flexibility index (Phi) is 53.0. The van der Waals surface area contributed by atoms with Gasteiger partial charge in [0.2, 0.25) is 0 Å². The van der Waals surface area contributed by atoms with Crippen molar-refractivity contribution in [2.75, 3.05) is 13.2 Å². The number of allylic oxidation sites excluding steroid dienone is 24. The van der Waals surface area contributed by atoms with Crippen molar-refractivity contribution in [3.63, 3.8) is 0 Å². The van der Waals surface area contributed by atoms with Crippen LogP contribution in [0.5, 0.6) is 0 Å². The highest BCUT2D eigenvalue weighted by Crippen LogP contribution is 2.13. The van der Waals surface area contributed by atoms with Crippen LogP contribution >= 0.6 is 0 Å². The van der Waals surface area contributed by atoms with E-state index in [-0.39, 0.29) is 44.0 Å². The van der Waals surface area contributed by atoms with Gasteiger partial charge in [0.15, 0.2) is 6.10 Å². The van der Waals surface area contributed by atoms with Gasteiger partial charge in [0.1, 0.15) is 13.2 Å². The van der Waals surface area contributed by atoms with E-state index in [4.69, 9.17) is 14.2 Å². The largest absolute Gasteiger partial charge is 0.462 e. The van der Waals surface area contributed by atoms with E-state index in [1.165, 1.54) is 44.9 Å². The van der Waals surface area contributed by atoms with E-state index < -0.39 is 6.10 Å². The van der Waals surface area contributed by atoms with Gasteiger partial charge in [-0.3, -0.25) is 14.4 Å². The number of carbonyl (C=O) groups is 3. The molecule has 0 aromatic rings. The van der Waals surface area contributed by atoms with Crippen molar-refractivity contribution in [2.45, 2.75) is 226 Å². The second-order valence-electron chi connectivity index (χ2n) is 17.7. The van der Waals surface area contributed by atoms with Gasteiger partial charge in [-0.05, 0) is 128 Å². The highest BCUT2D eigenvalue weighted by molar-refractivity contribution is 5.71. The van der Waals surface area contributed by atoms with Crippen LogP contribution in [0, 0.1) is 0 Å². The molecular formula is C64H100O6. The lowest BCUT2D eigenvalue weighted by atomic mass is 10.1. The SMILES string of the molecule is CC/C=C\C/C=C\C/C=C\C/C=C\C/C=C\C/C=C\CCC(=O)OCC(COC(=O)CCCCC/C=C\C/C=C\C/C=C\C/C=C\CC)OC(=O)CCCCCCCCC/C=C\C/C=C\CCCCC. The van der Waals surface area contributed by atoms with Crippen LogP contribution in [-0.2, 0) is 28.6 Å². The summed E-state index contributed by atoms with van der Waals surface area (Å²) in [6.07, 6.45) is 81.3. The van der Waals surface area contributed by atoms with Crippen molar-refractivity contribution < 1.29 is 28.6 Å². The fourth-order valence-corrected chi connectivity index (χ4v) is 6.96. The molecule has 0 N–H and O–H groups in total. The van der Waals surface area contributed by atoms with E-state index in [2.05, 4.69) is 154 Å². The van der Waals surface area contributed by atoms with Crippen LogP contribution in [-0.4, -0.2) is 37.2 Å². The van der Waals surface area contributed by atoms with Gasteiger partial charge in [-0.15, -0.1) is 0 Å². The molecule has 0 aromatic heterocycles. The van der Waals surface area contributed by atoms with Crippen molar-refractivity contribution in [3.8, 4) is 0 Å². The van der Waals surface area contributed by atoms with Gasteiger partial charge in [0, 0.05) is 19.3 Å². The zero-order valence-electron chi connectivity index (χ0n) is 44.7. The maximum Gasteiger partial charge on any atom is 0.306 e. The van der Waals surface area contributed by atoms with Crippen LogP contribution in [0.25, 0.3) is 0 Å². The molecule has 0 aliphatic heterocycles. The number of carbonyl (C=O) groups excluding carboxylic acids is 3. The number of rotatable bonds is 48. The standard InChI is InChI=1S/C64H100O6/c1-4-7-10-13-16-19-22-25-28-31-32-34-36-39-42-45-48-51-54-57-63(66)69-60-61(59-68-62(65)56-53-50-47-44-41-38-35-30-27-24-21-18-15-12-9-6-3)70-64(67)58-55-52-49-46-43-40-37-33-29-26-23-20-17-14-11-8-5-2/h7,9-10,12,16-21,25-30,32,34,38-39,41-42,48,51,61H,4-6,8,11,13-15,22-24,31,33,35-37,40,43-47,49-50,52-60H2,1-3H3/b10-7-,12-9-,19-16-,20-17-,21-18-,28-25-,29-26-,30-27-,34-32-,41-38-,42-39-,51-48-. The maximum absolute atomic E-state index is 12.8. The normalized spacial score (nSPS) is 13.2. The molecular weight excluding hydrogens is 865 g/mol. The number of hydrogen-bond donors (Lipinski definition) is 0. The number of unbranched alkanes of at least 4 members (excludes halogenated alkanes) is 13. The molecule has 0 radical (unpaired) electrons. The zero-order valence-corrected chi connectivity index (χ0v) is 44.7. The monoisotopic (exact) mass is 965 g/mol. The smallest absolute Gasteiger partial charge is 0.306 e. The lowest BCUT2D eigenvalue weighted by molar-refractivity contribution is -0.166. The van der Waals surface area contributed by atoms with Gasteiger partial charge in [-0.2, -0.15) is 0 Å². The Hall–Kier alpha value is -4.71. The summed E-state index contributed by atoms with van der Waals surface area (Å²) in [5.41, 5.74) is 0.